The Kier molecular flexibility index (Phi) is 9.54. The van der Waals surface area contributed by atoms with Crippen molar-refractivity contribution < 1.29 is 37.8 Å². The van der Waals surface area contributed by atoms with E-state index in [9.17, 15) is 27.9 Å². The third-order valence-electron chi connectivity index (χ3n) is 6.65. The molecule has 1 fully saturated rings. The standard InChI is InChI=1S/C27H30N6O8S/c1-41-23-15-18(5-8-22(23)33-13-9-19(10-14-33)31-27-28-11-2-12-29-27)24(34)30-16-21(26(37)38)32-42(39,40)20-6-3-17(4-7-20)25(35)36/h2-8,11-12,15,19,21,32H,9-10,13-14,16H2,1H3,(H,30,34)(H,35,36)(H,37,38)(H,28,29,31)/t21-/m0/s1. The zero-order valence-corrected chi connectivity index (χ0v) is 23.4. The lowest BCUT2D eigenvalue weighted by molar-refractivity contribution is -0.138. The summed E-state index contributed by atoms with van der Waals surface area (Å²) in [6, 6.07) is 9.42. The first-order chi connectivity index (χ1) is 20.1. The number of piperidine rings is 1. The first kappa shape index (κ1) is 30.2. The third-order valence-corrected chi connectivity index (χ3v) is 8.14. The molecule has 1 atom stereocenters. The third kappa shape index (κ3) is 7.50. The van der Waals surface area contributed by atoms with Gasteiger partial charge in [-0.3, -0.25) is 9.59 Å². The summed E-state index contributed by atoms with van der Waals surface area (Å²) >= 11 is 0. The second-order valence-corrected chi connectivity index (χ2v) is 11.1. The summed E-state index contributed by atoms with van der Waals surface area (Å²) in [5.41, 5.74) is 0.871. The van der Waals surface area contributed by atoms with Crippen LogP contribution in [0.4, 0.5) is 11.6 Å². The van der Waals surface area contributed by atoms with Crippen molar-refractivity contribution in [3.63, 3.8) is 0 Å². The second kappa shape index (κ2) is 13.3. The van der Waals surface area contributed by atoms with Crippen LogP contribution in [0.2, 0.25) is 0 Å². The second-order valence-electron chi connectivity index (χ2n) is 9.42. The number of nitrogens with one attached hydrogen (secondary N) is 3. The molecule has 4 rings (SSSR count). The number of aromatic carboxylic acids is 1. The van der Waals surface area contributed by atoms with Crippen LogP contribution in [0.25, 0.3) is 0 Å². The first-order valence-electron chi connectivity index (χ1n) is 12.9. The summed E-state index contributed by atoms with van der Waals surface area (Å²) in [4.78, 5) is 45.8. The largest absolute Gasteiger partial charge is 0.495 e. The lowest BCUT2D eigenvalue weighted by Crippen LogP contribution is -2.48. The number of carboxylic acids is 2. The Bertz CT molecular complexity index is 1530. The molecule has 1 amide bonds. The van der Waals surface area contributed by atoms with E-state index in [0.717, 1.165) is 55.9 Å². The van der Waals surface area contributed by atoms with E-state index in [2.05, 4.69) is 25.5 Å². The monoisotopic (exact) mass is 598 g/mol. The normalized spacial score (nSPS) is 14.5. The summed E-state index contributed by atoms with van der Waals surface area (Å²) in [5, 5.41) is 24.3. The van der Waals surface area contributed by atoms with Gasteiger partial charge in [0.1, 0.15) is 11.8 Å². The van der Waals surface area contributed by atoms with Gasteiger partial charge in [0, 0.05) is 43.6 Å². The highest BCUT2D eigenvalue weighted by atomic mass is 32.2. The van der Waals surface area contributed by atoms with E-state index >= 15 is 0 Å². The van der Waals surface area contributed by atoms with Crippen molar-refractivity contribution >= 4 is 39.5 Å². The Morgan fingerprint density at radius 2 is 1.67 bits per heavy atom. The summed E-state index contributed by atoms with van der Waals surface area (Å²) in [5.74, 6) is -2.33. The Morgan fingerprint density at radius 3 is 2.26 bits per heavy atom. The van der Waals surface area contributed by atoms with Crippen LogP contribution in [0, 0.1) is 0 Å². The van der Waals surface area contributed by atoms with Gasteiger partial charge in [-0.2, -0.15) is 4.72 Å². The molecule has 0 unspecified atom stereocenters. The summed E-state index contributed by atoms with van der Waals surface area (Å²) in [6.45, 7) is 0.911. The molecule has 2 aromatic carbocycles. The van der Waals surface area contributed by atoms with Crippen LogP contribution in [-0.2, 0) is 14.8 Å². The lowest BCUT2D eigenvalue weighted by Gasteiger charge is -2.34. The van der Waals surface area contributed by atoms with E-state index in [1.54, 1.807) is 30.6 Å². The number of amides is 1. The highest BCUT2D eigenvalue weighted by molar-refractivity contribution is 7.89. The Balaban J connectivity index is 1.36. The van der Waals surface area contributed by atoms with Gasteiger partial charge in [0.2, 0.25) is 16.0 Å². The van der Waals surface area contributed by atoms with Gasteiger partial charge in [-0.05, 0) is 61.4 Å². The molecular formula is C27H30N6O8S. The zero-order valence-electron chi connectivity index (χ0n) is 22.6. The van der Waals surface area contributed by atoms with Crippen LogP contribution in [0.15, 0.2) is 65.8 Å². The van der Waals surface area contributed by atoms with Crippen LogP contribution in [0.1, 0.15) is 33.6 Å². The van der Waals surface area contributed by atoms with Crippen LogP contribution in [0.5, 0.6) is 5.75 Å². The van der Waals surface area contributed by atoms with Gasteiger partial charge in [-0.1, -0.05) is 0 Å². The molecule has 2 heterocycles. The maximum absolute atomic E-state index is 12.9. The van der Waals surface area contributed by atoms with E-state index in [1.165, 1.54) is 13.2 Å². The predicted molar refractivity (Wildman–Crippen MR) is 151 cm³/mol. The van der Waals surface area contributed by atoms with E-state index < -0.39 is 40.5 Å². The van der Waals surface area contributed by atoms with Crippen molar-refractivity contribution in [3.8, 4) is 5.75 Å². The Hall–Kier alpha value is -4.76. The SMILES string of the molecule is COc1cc(C(=O)NC[C@H](NS(=O)(=O)c2ccc(C(=O)O)cc2)C(=O)O)ccc1N1CCC(Nc2ncccn2)CC1. The van der Waals surface area contributed by atoms with Gasteiger partial charge in [-0.25, -0.2) is 23.2 Å². The highest BCUT2D eigenvalue weighted by Crippen LogP contribution is 2.32. The van der Waals surface area contributed by atoms with Crippen molar-refractivity contribution in [2.45, 2.75) is 29.8 Å². The number of nitrogens with zero attached hydrogens (tertiary/aromatic N) is 3. The van der Waals surface area contributed by atoms with Crippen LogP contribution >= 0.6 is 0 Å². The number of carbonyl (C=O) groups is 3. The number of aromatic nitrogens is 2. The van der Waals surface area contributed by atoms with Gasteiger partial charge in [-0.15, -0.1) is 0 Å². The van der Waals surface area contributed by atoms with Gasteiger partial charge in [0.15, 0.2) is 0 Å². The van der Waals surface area contributed by atoms with Crippen molar-refractivity contribution in [2.75, 3.05) is 37.0 Å². The van der Waals surface area contributed by atoms with Crippen LogP contribution in [0.3, 0.4) is 0 Å². The maximum Gasteiger partial charge on any atom is 0.335 e. The number of anilines is 2. The fourth-order valence-electron chi connectivity index (χ4n) is 4.41. The van der Waals surface area contributed by atoms with E-state index in [4.69, 9.17) is 9.84 Å². The molecule has 0 bridgehead atoms. The molecule has 3 aromatic rings. The van der Waals surface area contributed by atoms with Crippen molar-refractivity contribution in [1.82, 2.24) is 20.0 Å². The molecule has 1 aliphatic rings. The molecule has 1 aliphatic heterocycles. The fraction of sp³-hybridized carbons (Fsp3) is 0.296. The maximum atomic E-state index is 12.9. The molecule has 15 heteroatoms. The number of aliphatic carboxylic acids is 1. The van der Waals surface area contributed by atoms with Crippen molar-refractivity contribution in [1.29, 1.82) is 0 Å². The van der Waals surface area contributed by atoms with Crippen LogP contribution in [-0.4, -0.2) is 85.3 Å². The number of carboxylic acid groups (broad SMARTS) is 2. The average Bonchev–Trinajstić information content (AvgIpc) is 2.99. The number of methoxy groups -OCH3 is 1. The minimum Gasteiger partial charge on any atom is -0.495 e. The Labute approximate surface area is 241 Å². The lowest BCUT2D eigenvalue weighted by atomic mass is 10.0. The number of hydrogen-bond donors (Lipinski definition) is 5. The molecule has 14 nitrogen and oxygen atoms in total. The minimum atomic E-state index is -4.32. The molecule has 1 aromatic heterocycles. The zero-order chi connectivity index (χ0) is 30.3. The van der Waals surface area contributed by atoms with Gasteiger partial charge in [0.25, 0.3) is 5.91 Å². The molecule has 0 aliphatic carbocycles. The fourth-order valence-corrected chi connectivity index (χ4v) is 5.60. The molecule has 0 spiro atoms. The van der Waals surface area contributed by atoms with Crippen molar-refractivity contribution in [3.05, 3.63) is 72.1 Å². The van der Waals surface area contributed by atoms with Gasteiger partial charge in [0.05, 0.1) is 23.3 Å². The first-order valence-corrected chi connectivity index (χ1v) is 14.4. The van der Waals surface area contributed by atoms with Gasteiger partial charge >= 0.3 is 11.9 Å². The number of ether oxygens (including phenoxy) is 1. The summed E-state index contributed by atoms with van der Waals surface area (Å²) in [6.07, 6.45) is 5.02. The average molecular weight is 599 g/mol. The van der Waals surface area contributed by atoms with E-state index in [-0.39, 0.29) is 22.1 Å². The molecule has 0 saturated carbocycles. The van der Waals surface area contributed by atoms with Gasteiger partial charge < -0.3 is 30.5 Å². The highest BCUT2D eigenvalue weighted by Gasteiger charge is 2.27. The number of hydrogen-bond acceptors (Lipinski definition) is 10. The van der Waals surface area contributed by atoms with Crippen molar-refractivity contribution in [2.24, 2.45) is 0 Å². The number of sulfonamides is 1. The predicted octanol–water partition coefficient (Wildman–Crippen LogP) is 1.43. The van der Waals surface area contributed by atoms with E-state index in [1.807, 2.05) is 4.72 Å². The topological polar surface area (TPSA) is 200 Å². The molecule has 0 radical (unpaired) electrons. The molecular weight excluding hydrogens is 568 g/mol. The smallest absolute Gasteiger partial charge is 0.335 e. The Morgan fingerprint density at radius 1 is 1.02 bits per heavy atom. The number of benzene rings is 2. The molecule has 42 heavy (non-hydrogen) atoms. The molecule has 5 N–H and O–H groups in total. The number of carbonyl (C=O) groups excluding carboxylic acids is 1. The van der Waals surface area contributed by atoms with Crippen LogP contribution < -0.4 is 25.0 Å². The summed E-state index contributed by atoms with van der Waals surface area (Å²) < 4.78 is 32.9. The molecule has 222 valence electrons. The quantitative estimate of drug-likeness (QED) is 0.201. The molecule has 1 saturated heterocycles. The number of rotatable bonds is 12. The summed E-state index contributed by atoms with van der Waals surface area (Å²) in [7, 11) is -2.84. The minimum absolute atomic E-state index is 0.128. The van der Waals surface area contributed by atoms with E-state index in [0.29, 0.717) is 11.7 Å².